The fraction of sp³-hybridized carbons (Fsp3) is 0.143. The molecule has 0 bridgehead atoms. The largest absolute Gasteiger partial charge is 0.252 e. The van der Waals surface area contributed by atoms with Crippen LogP contribution >= 0.6 is 34.8 Å². The van der Waals surface area contributed by atoms with E-state index in [4.69, 9.17) is 34.8 Å². The molecule has 0 unspecified atom stereocenters. The second-order valence-electron chi connectivity index (χ2n) is 8.39. The van der Waals surface area contributed by atoms with Crippen molar-refractivity contribution in [3.05, 3.63) is 115 Å². The van der Waals surface area contributed by atoms with E-state index in [1.807, 2.05) is 37.3 Å². The van der Waals surface area contributed by atoms with Gasteiger partial charge in [-0.3, -0.25) is 4.98 Å². The van der Waals surface area contributed by atoms with Crippen molar-refractivity contribution in [1.82, 2.24) is 9.97 Å². The molecule has 0 radical (unpaired) electrons. The van der Waals surface area contributed by atoms with E-state index in [0.29, 0.717) is 17.0 Å². The monoisotopic (exact) mass is 564 g/mol. The number of benzene rings is 3. The number of fused-ring (bicyclic) bond motifs is 2. The molecule has 9 heteroatoms. The summed E-state index contributed by atoms with van der Waals surface area (Å²) in [6, 6.07) is 13.9. The zero-order valence-corrected chi connectivity index (χ0v) is 21.9. The predicted molar refractivity (Wildman–Crippen MR) is 142 cm³/mol. The molecule has 5 aromatic rings. The maximum Gasteiger partial charge on any atom is 0.137 e. The first-order valence-corrected chi connectivity index (χ1v) is 12.3. The van der Waals surface area contributed by atoms with Gasteiger partial charge in [-0.05, 0) is 37.8 Å². The highest BCUT2D eigenvalue weighted by Gasteiger charge is 2.16. The Morgan fingerprint density at radius 2 is 1.16 bits per heavy atom. The first-order valence-electron chi connectivity index (χ1n) is 11.1. The minimum Gasteiger partial charge on any atom is -0.252 e. The molecule has 3 aromatic carbocycles. The number of hydrogen-bond donors (Lipinski definition) is 0. The molecule has 0 N–H and O–H groups in total. The van der Waals surface area contributed by atoms with Gasteiger partial charge >= 0.3 is 0 Å². The summed E-state index contributed by atoms with van der Waals surface area (Å²) in [5, 5.41) is 0.912. The van der Waals surface area contributed by atoms with Crippen LogP contribution in [0.2, 0.25) is 15.2 Å². The summed E-state index contributed by atoms with van der Waals surface area (Å²) >= 11 is 17.9. The molecule has 190 valence electrons. The Labute approximate surface area is 225 Å². The Bertz CT molecular complexity index is 1630. The molecule has 0 atom stereocenters. The Balaban J connectivity index is 0.000000186. The second kappa shape index (κ2) is 11.2. The average Bonchev–Trinajstić information content (AvgIpc) is 2.84. The van der Waals surface area contributed by atoms with Crippen molar-refractivity contribution >= 4 is 56.6 Å². The Kier molecular flexibility index (Phi) is 8.22. The molecular formula is C28H19Cl3F4N2. The van der Waals surface area contributed by atoms with Gasteiger partial charge in [0.05, 0.1) is 31.9 Å². The normalized spacial score (nSPS) is 11.1. The molecule has 2 heterocycles. The van der Waals surface area contributed by atoms with Crippen LogP contribution in [0.5, 0.6) is 0 Å². The third kappa shape index (κ3) is 5.82. The molecule has 2 nitrogen and oxygen atoms in total. The first kappa shape index (κ1) is 27.1. The van der Waals surface area contributed by atoms with Crippen molar-refractivity contribution in [1.29, 1.82) is 0 Å². The van der Waals surface area contributed by atoms with Crippen molar-refractivity contribution in [3.63, 3.8) is 0 Å². The van der Waals surface area contributed by atoms with E-state index in [1.54, 1.807) is 6.92 Å². The summed E-state index contributed by atoms with van der Waals surface area (Å²) in [6.07, 6.45) is 1.47. The number of aromatic nitrogens is 2. The molecule has 0 fully saturated rings. The van der Waals surface area contributed by atoms with E-state index < -0.39 is 23.3 Å². The van der Waals surface area contributed by atoms with Gasteiger partial charge in [-0.2, -0.15) is 0 Å². The quantitative estimate of drug-likeness (QED) is 0.161. The SMILES string of the molecule is Cc1c(CCc2ccccc2)nc2cc(F)cc(F)c2c1Cl.Cc1c(Cl)nc2cc(F)cc(F)c2c1Cl. The molecule has 2 aromatic heterocycles. The summed E-state index contributed by atoms with van der Waals surface area (Å²) in [6.45, 7) is 3.44. The summed E-state index contributed by atoms with van der Waals surface area (Å²) < 4.78 is 53.6. The summed E-state index contributed by atoms with van der Waals surface area (Å²) in [5.41, 5.74) is 3.56. The Hall–Kier alpha value is -2.93. The smallest absolute Gasteiger partial charge is 0.137 e. The van der Waals surface area contributed by atoms with Crippen LogP contribution in [-0.2, 0) is 12.8 Å². The molecule has 5 rings (SSSR count). The maximum absolute atomic E-state index is 13.9. The maximum atomic E-state index is 13.9. The number of aryl methyl sites for hydroxylation is 2. The third-order valence-corrected chi connectivity index (χ3v) is 7.19. The summed E-state index contributed by atoms with van der Waals surface area (Å²) in [7, 11) is 0. The highest BCUT2D eigenvalue weighted by molar-refractivity contribution is 6.39. The van der Waals surface area contributed by atoms with Crippen LogP contribution < -0.4 is 0 Å². The number of pyridine rings is 2. The Morgan fingerprint density at radius 3 is 1.73 bits per heavy atom. The zero-order chi connectivity index (χ0) is 26.9. The lowest BCUT2D eigenvalue weighted by Gasteiger charge is -2.11. The predicted octanol–water partition coefficient (Wildman–Crippen LogP) is 9.39. The van der Waals surface area contributed by atoms with Crippen LogP contribution in [0.15, 0.2) is 54.6 Å². The van der Waals surface area contributed by atoms with Crippen LogP contribution in [0.3, 0.4) is 0 Å². The molecule has 0 aliphatic heterocycles. The van der Waals surface area contributed by atoms with E-state index in [-0.39, 0.29) is 32.0 Å². The number of hydrogen-bond acceptors (Lipinski definition) is 2. The molecule has 0 saturated heterocycles. The molecule has 0 aliphatic carbocycles. The molecule has 0 amide bonds. The third-order valence-electron chi connectivity index (χ3n) is 5.88. The molecule has 0 spiro atoms. The summed E-state index contributed by atoms with van der Waals surface area (Å²) in [4.78, 5) is 8.27. The van der Waals surface area contributed by atoms with Crippen molar-refractivity contribution in [3.8, 4) is 0 Å². The average molecular weight is 566 g/mol. The fourth-order valence-corrected chi connectivity index (χ4v) is 4.70. The van der Waals surface area contributed by atoms with E-state index in [9.17, 15) is 17.6 Å². The van der Waals surface area contributed by atoms with Gasteiger partial charge in [-0.1, -0.05) is 65.1 Å². The van der Waals surface area contributed by atoms with Crippen molar-refractivity contribution < 1.29 is 17.6 Å². The van der Waals surface area contributed by atoms with Gasteiger partial charge in [-0.15, -0.1) is 0 Å². The van der Waals surface area contributed by atoms with Crippen LogP contribution in [0, 0.1) is 37.1 Å². The van der Waals surface area contributed by atoms with Gasteiger partial charge in [-0.25, -0.2) is 22.5 Å². The number of nitrogens with zero attached hydrogens (tertiary/aromatic N) is 2. The number of rotatable bonds is 3. The van der Waals surface area contributed by atoms with Gasteiger partial charge in [0, 0.05) is 35.5 Å². The second-order valence-corrected chi connectivity index (χ2v) is 9.50. The first-order chi connectivity index (χ1) is 17.6. The highest BCUT2D eigenvalue weighted by Crippen LogP contribution is 2.33. The molecule has 37 heavy (non-hydrogen) atoms. The van der Waals surface area contributed by atoms with Crippen LogP contribution in [0.4, 0.5) is 17.6 Å². The molecular weight excluding hydrogens is 547 g/mol. The van der Waals surface area contributed by atoms with Crippen LogP contribution in [-0.4, -0.2) is 9.97 Å². The van der Waals surface area contributed by atoms with Gasteiger partial charge in [0.1, 0.15) is 28.4 Å². The van der Waals surface area contributed by atoms with Crippen molar-refractivity contribution in [2.45, 2.75) is 26.7 Å². The van der Waals surface area contributed by atoms with Crippen molar-refractivity contribution in [2.75, 3.05) is 0 Å². The zero-order valence-electron chi connectivity index (χ0n) is 19.7. The van der Waals surface area contributed by atoms with E-state index >= 15 is 0 Å². The topological polar surface area (TPSA) is 25.8 Å². The van der Waals surface area contributed by atoms with E-state index in [0.717, 1.165) is 35.9 Å². The molecule has 0 aliphatic rings. The van der Waals surface area contributed by atoms with Crippen LogP contribution in [0.1, 0.15) is 22.4 Å². The van der Waals surface area contributed by atoms with Gasteiger partial charge < -0.3 is 0 Å². The standard InChI is InChI=1S/C18H14ClF2N.C10H5Cl2F2N/c1-11-15(8-7-12-5-3-2-4-6-12)22-16-10-13(20)9-14(21)17(16)18(11)19;1-4-9(11)8-6(14)2-5(13)3-7(8)15-10(4)12/h2-6,9-10H,7-8H2,1H3;2-3H,1H3. The van der Waals surface area contributed by atoms with Gasteiger partial charge in [0.25, 0.3) is 0 Å². The number of halogens is 7. The summed E-state index contributed by atoms with van der Waals surface area (Å²) in [5.74, 6) is -2.76. The fourth-order valence-electron chi connectivity index (χ4n) is 3.89. The Morgan fingerprint density at radius 1 is 0.649 bits per heavy atom. The van der Waals surface area contributed by atoms with Gasteiger partial charge in [0.2, 0.25) is 0 Å². The van der Waals surface area contributed by atoms with Crippen molar-refractivity contribution in [2.24, 2.45) is 0 Å². The minimum atomic E-state index is -0.734. The van der Waals surface area contributed by atoms with Gasteiger partial charge in [0.15, 0.2) is 0 Å². The van der Waals surface area contributed by atoms with E-state index in [1.165, 1.54) is 11.6 Å². The lowest BCUT2D eigenvalue weighted by Crippen LogP contribution is -2.01. The lowest BCUT2D eigenvalue weighted by molar-refractivity contribution is 0.590. The minimum absolute atomic E-state index is 0.0972. The lowest BCUT2D eigenvalue weighted by atomic mass is 10.0. The van der Waals surface area contributed by atoms with Crippen LogP contribution in [0.25, 0.3) is 21.8 Å². The molecule has 0 saturated carbocycles. The highest BCUT2D eigenvalue weighted by atomic mass is 35.5. The van der Waals surface area contributed by atoms with E-state index in [2.05, 4.69) is 9.97 Å².